The van der Waals surface area contributed by atoms with E-state index in [4.69, 9.17) is 5.41 Å². The van der Waals surface area contributed by atoms with Crippen molar-refractivity contribution in [3.05, 3.63) is 0 Å². The van der Waals surface area contributed by atoms with Crippen molar-refractivity contribution in [2.75, 3.05) is 6.54 Å². The molecular formula is C7H12N2. The van der Waals surface area contributed by atoms with Crippen LogP contribution in [-0.2, 0) is 0 Å². The third-order valence-electron chi connectivity index (χ3n) is 1.89. The van der Waals surface area contributed by atoms with Crippen molar-refractivity contribution in [1.29, 1.82) is 5.41 Å². The van der Waals surface area contributed by atoms with E-state index in [-0.39, 0.29) is 0 Å². The van der Waals surface area contributed by atoms with Gasteiger partial charge >= 0.3 is 0 Å². The average molecular weight is 124 g/mol. The first kappa shape index (κ1) is 6.46. The first-order valence-corrected chi connectivity index (χ1v) is 3.30. The van der Waals surface area contributed by atoms with Crippen LogP contribution < -0.4 is 0 Å². The van der Waals surface area contributed by atoms with Crippen molar-refractivity contribution >= 4 is 11.4 Å². The Hall–Kier alpha value is -0.660. The highest BCUT2D eigenvalue weighted by molar-refractivity contribution is 6.06. The summed E-state index contributed by atoms with van der Waals surface area (Å²) >= 11 is 0. The molecule has 0 aromatic rings. The Kier molecular flexibility index (Phi) is 1.65. The number of nitrogens with one attached hydrogen (secondary N) is 1. The summed E-state index contributed by atoms with van der Waals surface area (Å²) in [4.78, 5) is 4.24. The Balaban J connectivity index is 2.74. The van der Waals surface area contributed by atoms with Gasteiger partial charge in [0, 0.05) is 30.3 Å². The van der Waals surface area contributed by atoms with Gasteiger partial charge in [-0.2, -0.15) is 0 Å². The maximum atomic E-state index is 7.44. The van der Waals surface area contributed by atoms with Gasteiger partial charge in [-0.15, -0.1) is 0 Å². The lowest BCUT2D eigenvalue weighted by Gasteiger charge is -2.16. The summed E-state index contributed by atoms with van der Waals surface area (Å²) in [6.45, 7) is 4.87. The Bertz CT molecular complexity index is 158. The van der Waals surface area contributed by atoms with Crippen LogP contribution in [0.15, 0.2) is 4.99 Å². The number of hydrogen-bond donors (Lipinski definition) is 1. The highest BCUT2D eigenvalue weighted by Gasteiger charge is 2.14. The summed E-state index contributed by atoms with van der Waals surface area (Å²) in [7, 11) is 0. The second-order valence-corrected chi connectivity index (χ2v) is 2.52. The Morgan fingerprint density at radius 1 is 1.67 bits per heavy atom. The Morgan fingerprint density at radius 2 is 2.33 bits per heavy atom. The van der Waals surface area contributed by atoms with Gasteiger partial charge in [0.05, 0.1) is 0 Å². The summed E-state index contributed by atoms with van der Waals surface area (Å²) in [5.41, 5.74) is 1.95. The van der Waals surface area contributed by atoms with Gasteiger partial charge in [-0.1, -0.05) is 6.92 Å². The Morgan fingerprint density at radius 3 is 2.78 bits per heavy atom. The van der Waals surface area contributed by atoms with Gasteiger partial charge < -0.3 is 5.41 Å². The van der Waals surface area contributed by atoms with Crippen LogP contribution in [0.2, 0.25) is 0 Å². The summed E-state index contributed by atoms with van der Waals surface area (Å²) in [6, 6.07) is 0. The SMILES string of the molecule is CC1=NCCC(=N)C1C. The molecule has 0 aliphatic carbocycles. The number of rotatable bonds is 0. The molecule has 9 heavy (non-hydrogen) atoms. The predicted octanol–water partition coefficient (Wildman–Crippen LogP) is 1.51. The highest BCUT2D eigenvalue weighted by Crippen LogP contribution is 2.09. The molecule has 0 radical (unpaired) electrons. The van der Waals surface area contributed by atoms with Crippen LogP contribution in [0.3, 0.4) is 0 Å². The summed E-state index contributed by atoms with van der Waals surface area (Å²) < 4.78 is 0. The maximum Gasteiger partial charge on any atom is 0.0441 e. The molecule has 1 atom stereocenters. The minimum Gasteiger partial charge on any atom is -0.309 e. The second kappa shape index (κ2) is 2.29. The normalized spacial score (nSPS) is 28.0. The van der Waals surface area contributed by atoms with E-state index in [0.717, 1.165) is 24.4 Å². The van der Waals surface area contributed by atoms with E-state index in [1.807, 2.05) is 13.8 Å². The van der Waals surface area contributed by atoms with Crippen LogP contribution in [0.25, 0.3) is 0 Å². The molecule has 0 saturated carbocycles. The van der Waals surface area contributed by atoms with Crippen molar-refractivity contribution in [2.45, 2.75) is 20.3 Å². The second-order valence-electron chi connectivity index (χ2n) is 2.52. The van der Waals surface area contributed by atoms with E-state index in [9.17, 15) is 0 Å². The van der Waals surface area contributed by atoms with Crippen molar-refractivity contribution in [3.8, 4) is 0 Å². The topological polar surface area (TPSA) is 36.2 Å². The van der Waals surface area contributed by atoms with Crippen LogP contribution in [-0.4, -0.2) is 18.0 Å². The number of aliphatic imine (C=N–C) groups is 1. The predicted molar refractivity (Wildman–Crippen MR) is 39.5 cm³/mol. The quantitative estimate of drug-likeness (QED) is 0.508. The van der Waals surface area contributed by atoms with Crippen molar-refractivity contribution in [1.82, 2.24) is 0 Å². The fourth-order valence-corrected chi connectivity index (χ4v) is 0.958. The van der Waals surface area contributed by atoms with Gasteiger partial charge in [0.2, 0.25) is 0 Å². The summed E-state index contributed by atoms with van der Waals surface area (Å²) in [6.07, 6.45) is 0.860. The summed E-state index contributed by atoms with van der Waals surface area (Å²) in [5, 5.41) is 7.44. The van der Waals surface area contributed by atoms with Crippen LogP contribution in [0, 0.1) is 11.3 Å². The molecule has 0 aromatic carbocycles. The zero-order valence-corrected chi connectivity index (χ0v) is 5.94. The van der Waals surface area contributed by atoms with E-state index < -0.39 is 0 Å². The van der Waals surface area contributed by atoms with Crippen LogP contribution in [0.4, 0.5) is 0 Å². The molecule has 0 spiro atoms. The zero-order chi connectivity index (χ0) is 6.85. The van der Waals surface area contributed by atoms with E-state index in [2.05, 4.69) is 4.99 Å². The number of nitrogens with zero attached hydrogens (tertiary/aromatic N) is 1. The van der Waals surface area contributed by atoms with E-state index in [1.165, 1.54) is 0 Å². The molecule has 1 N–H and O–H groups in total. The van der Waals surface area contributed by atoms with Crippen LogP contribution in [0.1, 0.15) is 20.3 Å². The first-order chi connectivity index (χ1) is 4.22. The lowest BCUT2D eigenvalue weighted by molar-refractivity contribution is 0.877. The minimum atomic E-state index is 0.304. The van der Waals surface area contributed by atoms with Gasteiger partial charge in [-0.3, -0.25) is 4.99 Å². The van der Waals surface area contributed by atoms with Gasteiger partial charge in [0.1, 0.15) is 0 Å². The number of hydrogen-bond acceptors (Lipinski definition) is 2. The van der Waals surface area contributed by atoms with Crippen LogP contribution in [0.5, 0.6) is 0 Å². The van der Waals surface area contributed by atoms with Crippen molar-refractivity contribution in [2.24, 2.45) is 10.9 Å². The molecule has 0 saturated heterocycles. The molecule has 1 aliphatic heterocycles. The third kappa shape index (κ3) is 1.18. The molecule has 2 nitrogen and oxygen atoms in total. The van der Waals surface area contributed by atoms with E-state index in [0.29, 0.717) is 5.92 Å². The fraction of sp³-hybridized carbons (Fsp3) is 0.714. The third-order valence-corrected chi connectivity index (χ3v) is 1.89. The lowest BCUT2D eigenvalue weighted by atomic mass is 9.96. The molecule has 50 valence electrons. The molecule has 1 aliphatic rings. The molecule has 0 bridgehead atoms. The molecule has 0 aromatic heterocycles. The van der Waals surface area contributed by atoms with Crippen LogP contribution >= 0.6 is 0 Å². The van der Waals surface area contributed by atoms with Gasteiger partial charge in [-0.25, -0.2) is 0 Å². The molecule has 1 unspecified atom stereocenters. The standard InChI is InChI=1S/C7H12N2/c1-5-6(2)9-4-3-7(5)8/h5,8H,3-4H2,1-2H3. The molecule has 1 heterocycles. The monoisotopic (exact) mass is 124 g/mol. The van der Waals surface area contributed by atoms with Gasteiger partial charge in [-0.05, 0) is 6.92 Å². The van der Waals surface area contributed by atoms with E-state index >= 15 is 0 Å². The Labute approximate surface area is 55.5 Å². The summed E-state index contributed by atoms with van der Waals surface area (Å²) in [5.74, 6) is 0.304. The molecule has 1 rings (SSSR count). The smallest absolute Gasteiger partial charge is 0.0441 e. The van der Waals surface area contributed by atoms with E-state index in [1.54, 1.807) is 0 Å². The van der Waals surface area contributed by atoms with Crippen molar-refractivity contribution in [3.63, 3.8) is 0 Å². The molecule has 2 heteroatoms. The minimum absolute atomic E-state index is 0.304. The lowest BCUT2D eigenvalue weighted by Crippen LogP contribution is -2.23. The average Bonchev–Trinajstić information content (AvgIpc) is 1.83. The van der Waals surface area contributed by atoms with Gasteiger partial charge in [0.25, 0.3) is 0 Å². The first-order valence-electron chi connectivity index (χ1n) is 3.30. The van der Waals surface area contributed by atoms with Crippen molar-refractivity contribution < 1.29 is 0 Å². The zero-order valence-electron chi connectivity index (χ0n) is 5.94. The maximum absolute atomic E-state index is 7.44. The van der Waals surface area contributed by atoms with Gasteiger partial charge in [0.15, 0.2) is 0 Å². The fourth-order valence-electron chi connectivity index (χ4n) is 0.958. The largest absolute Gasteiger partial charge is 0.309 e. The molecular weight excluding hydrogens is 112 g/mol. The molecule has 0 amide bonds. The highest BCUT2D eigenvalue weighted by atomic mass is 14.8. The molecule has 0 fully saturated rings.